The van der Waals surface area contributed by atoms with Gasteiger partial charge in [0.1, 0.15) is 11.6 Å². The van der Waals surface area contributed by atoms with Crippen molar-refractivity contribution in [3.63, 3.8) is 0 Å². The third kappa shape index (κ3) is 2.85. The molecule has 0 saturated carbocycles. The fourth-order valence-electron chi connectivity index (χ4n) is 2.05. The summed E-state index contributed by atoms with van der Waals surface area (Å²) in [5, 5.41) is 3.50. The van der Waals surface area contributed by atoms with Crippen LogP contribution in [0, 0.1) is 12.7 Å². The van der Waals surface area contributed by atoms with Gasteiger partial charge in [0.15, 0.2) is 0 Å². The highest BCUT2D eigenvalue weighted by atomic mass is 35.5. The molecule has 1 aromatic heterocycles. The van der Waals surface area contributed by atoms with E-state index in [1.807, 2.05) is 13.0 Å². The number of rotatable bonds is 3. The molecular formula is C14H15ClFN3. The minimum atomic E-state index is -0.362. The van der Waals surface area contributed by atoms with Crippen molar-refractivity contribution in [2.75, 3.05) is 12.8 Å². The van der Waals surface area contributed by atoms with Gasteiger partial charge >= 0.3 is 0 Å². The molecule has 0 aliphatic heterocycles. The molecule has 0 fully saturated rings. The van der Waals surface area contributed by atoms with Crippen molar-refractivity contribution >= 4 is 17.4 Å². The Bertz CT molecular complexity index is 601. The van der Waals surface area contributed by atoms with E-state index in [0.29, 0.717) is 10.8 Å². The molecule has 1 unspecified atom stereocenters. The Morgan fingerprint density at radius 3 is 2.68 bits per heavy atom. The lowest BCUT2D eigenvalue weighted by molar-refractivity contribution is 0.623. The van der Waals surface area contributed by atoms with Gasteiger partial charge in [-0.1, -0.05) is 17.7 Å². The number of hydrogen-bond donors (Lipinski definition) is 2. The highest BCUT2D eigenvalue weighted by Gasteiger charge is 2.18. The zero-order valence-electron chi connectivity index (χ0n) is 10.7. The van der Waals surface area contributed by atoms with E-state index in [1.165, 1.54) is 12.1 Å². The Morgan fingerprint density at radius 1 is 1.32 bits per heavy atom. The summed E-state index contributed by atoms with van der Waals surface area (Å²) in [6.07, 6.45) is 1.71. The monoisotopic (exact) mass is 279 g/mol. The normalized spacial score (nSPS) is 12.4. The summed E-state index contributed by atoms with van der Waals surface area (Å²) in [6, 6.07) is 6.05. The molecule has 5 heteroatoms. The topological polar surface area (TPSA) is 50.9 Å². The van der Waals surface area contributed by atoms with Gasteiger partial charge in [0.2, 0.25) is 0 Å². The molecule has 0 aliphatic carbocycles. The number of nitrogens with one attached hydrogen (secondary N) is 1. The van der Waals surface area contributed by atoms with Crippen LogP contribution in [-0.4, -0.2) is 12.0 Å². The molecule has 19 heavy (non-hydrogen) atoms. The third-order valence-corrected chi connectivity index (χ3v) is 3.29. The first kappa shape index (κ1) is 13.8. The van der Waals surface area contributed by atoms with Crippen molar-refractivity contribution in [2.24, 2.45) is 0 Å². The zero-order valence-corrected chi connectivity index (χ0v) is 11.5. The average molecular weight is 280 g/mol. The van der Waals surface area contributed by atoms with Crippen LogP contribution in [0.25, 0.3) is 0 Å². The van der Waals surface area contributed by atoms with Crippen molar-refractivity contribution in [2.45, 2.75) is 13.0 Å². The smallest absolute Gasteiger partial charge is 0.128 e. The maximum atomic E-state index is 13.1. The molecule has 3 N–H and O–H groups in total. The fraction of sp³-hybridized carbons (Fsp3) is 0.214. The molecule has 0 amide bonds. The van der Waals surface area contributed by atoms with Crippen molar-refractivity contribution in [3.05, 3.63) is 58.0 Å². The molecule has 1 atom stereocenters. The number of pyridine rings is 1. The first-order valence-electron chi connectivity index (χ1n) is 5.87. The van der Waals surface area contributed by atoms with Crippen LogP contribution in [0.1, 0.15) is 22.7 Å². The molecule has 0 bridgehead atoms. The van der Waals surface area contributed by atoms with Crippen LogP contribution in [0.15, 0.2) is 30.5 Å². The van der Waals surface area contributed by atoms with Gasteiger partial charge in [-0.2, -0.15) is 0 Å². The first-order valence-corrected chi connectivity index (χ1v) is 6.25. The molecule has 0 saturated heterocycles. The van der Waals surface area contributed by atoms with E-state index in [1.54, 1.807) is 19.3 Å². The number of nitrogens with two attached hydrogens (primary N) is 1. The summed E-state index contributed by atoms with van der Waals surface area (Å²) in [6.45, 7) is 1.94. The van der Waals surface area contributed by atoms with Gasteiger partial charge in [0.05, 0.1) is 6.04 Å². The van der Waals surface area contributed by atoms with Crippen LogP contribution in [0.3, 0.4) is 0 Å². The van der Waals surface area contributed by atoms with Gasteiger partial charge in [-0.25, -0.2) is 9.37 Å². The number of hydrogen-bond acceptors (Lipinski definition) is 3. The lowest BCUT2D eigenvalue weighted by Crippen LogP contribution is -2.20. The summed E-state index contributed by atoms with van der Waals surface area (Å²) in [4.78, 5) is 4.14. The van der Waals surface area contributed by atoms with Gasteiger partial charge < -0.3 is 11.1 Å². The minimum Gasteiger partial charge on any atom is -0.383 e. The second kappa shape index (κ2) is 5.55. The SMILES string of the molecule is CNC(c1ccc(F)cc1Cl)c1cc(C)cnc1N. The van der Waals surface area contributed by atoms with Gasteiger partial charge in [0, 0.05) is 16.8 Å². The Labute approximate surface area is 116 Å². The zero-order chi connectivity index (χ0) is 14.0. The summed E-state index contributed by atoms with van der Waals surface area (Å²) >= 11 is 6.10. The van der Waals surface area contributed by atoms with E-state index in [9.17, 15) is 4.39 Å². The van der Waals surface area contributed by atoms with Crippen LogP contribution >= 0.6 is 11.6 Å². The highest BCUT2D eigenvalue weighted by Crippen LogP contribution is 2.31. The van der Waals surface area contributed by atoms with Crippen LogP contribution in [0.5, 0.6) is 0 Å². The van der Waals surface area contributed by atoms with Crippen LogP contribution in [0.2, 0.25) is 5.02 Å². The molecule has 0 radical (unpaired) electrons. The Kier molecular flexibility index (Phi) is 4.02. The molecular weight excluding hydrogens is 265 g/mol. The number of anilines is 1. The van der Waals surface area contributed by atoms with Gasteiger partial charge in [-0.15, -0.1) is 0 Å². The number of halogens is 2. The van der Waals surface area contributed by atoms with Crippen LogP contribution in [0.4, 0.5) is 10.2 Å². The minimum absolute atomic E-state index is 0.222. The first-order chi connectivity index (χ1) is 9.02. The summed E-state index contributed by atoms with van der Waals surface area (Å²) < 4.78 is 13.1. The van der Waals surface area contributed by atoms with E-state index in [0.717, 1.165) is 16.7 Å². The van der Waals surface area contributed by atoms with Gasteiger partial charge in [-0.3, -0.25) is 0 Å². The predicted octanol–water partition coefficient (Wildman–Crippen LogP) is 3.07. The van der Waals surface area contributed by atoms with Crippen molar-refractivity contribution < 1.29 is 4.39 Å². The lowest BCUT2D eigenvalue weighted by Gasteiger charge is -2.20. The van der Waals surface area contributed by atoms with Crippen molar-refractivity contribution in [3.8, 4) is 0 Å². The molecule has 1 heterocycles. The maximum Gasteiger partial charge on any atom is 0.128 e. The number of nitrogen functional groups attached to an aromatic ring is 1. The maximum absolute atomic E-state index is 13.1. The molecule has 1 aromatic carbocycles. The molecule has 100 valence electrons. The molecule has 2 rings (SSSR count). The molecule has 0 spiro atoms. The second-order valence-electron chi connectivity index (χ2n) is 4.37. The van der Waals surface area contributed by atoms with Crippen LogP contribution < -0.4 is 11.1 Å². The van der Waals surface area contributed by atoms with Gasteiger partial charge in [0.25, 0.3) is 0 Å². The second-order valence-corrected chi connectivity index (χ2v) is 4.78. The molecule has 3 nitrogen and oxygen atoms in total. The summed E-state index contributed by atoms with van der Waals surface area (Å²) in [5.74, 6) is 0.0734. The number of aryl methyl sites for hydroxylation is 1. The van der Waals surface area contributed by atoms with Crippen molar-refractivity contribution in [1.82, 2.24) is 10.3 Å². The van der Waals surface area contributed by atoms with Crippen LogP contribution in [-0.2, 0) is 0 Å². The average Bonchev–Trinajstić information content (AvgIpc) is 2.36. The van der Waals surface area contributed by atoms with Crippen molar-refractivity contribution in [1.29, 1.82) is 0 Å². The van der Waals surface area contributed by atoms with E-state index < -0.39 is 0 Å². The lowest BCUT2D eigenvalue weighted by atomic mass is 9.98. The van der Waals surface area contributed by atoms with E-state index in [4.69, 9.17) is 17.3 Å². The summed E-state index contributed by atoms with van der Waals surface area (Å²) in [5.41, 5.74) is 8.52. The van der Waals surface area contributed by atoms with Gasteiger partial charge in [-0.05, 0) is 43.3 Å². The quantitative estimate of drug-likeness (QED) is 0.908. The Balaban J connectivity index is 2.52. The molecule has 2 aromatic rings. The molecule has 0 aliphatic rings. The highest BCUT2D eigenvalue weighted by molar-refractivity contribution is 6.31. The Hall–Kier alpha value is -1.65. The number of aromatic nitrogens is 1. The third-order valence-electron chi connectivity index (χ3n) is 2.96. The largest absolute Gasteiger partial charge is 0.383 e. The van der Waals surface area contributed by atoms with E-state index >= 15 is 0 Å². The standard InChI is InChI=1S/C14H15ClFN3/c1-8-5-11(14(17)19-7-8)13(18-2)10-4-3-9(16)6-12(10)15/h3-7,13,18H,1-2H3,(H2,17,19). The summed E-state index contributed by atoms with van der Waals surface area (Å²) in [7, 11) is 1.80. The number of nitrogens with zero attached hydrogens (tertiary/aromatic N) is 1. The Morgan fingerprint density at radius 2 is 2.05 bits per heavy atom. The van der Waals surface area contributed by atoms with E-state index in [-0.39, 0.29) is 11.9 Å². The van der Waals surface area contributed by atoms with E-state index in [2.05, 4.69) is 10.3 Å². The fourth-order valence-corrected chi connectivity index (χ4v) is 2.32. The number of benzene rings is 1. The predicted molar refractivity (Wildman–Crippen MR) is 75.7 cm³/mol.